The molecule has 0 heterocycles. The molecule has 0 saturated heterocycles. The zero-order valence-corrected chi connectivity index (χ0v) is 21.1. The zero-order chi connectivity index (χ0) is 23.1. The smallest absolute Gasteiger partial charge is 0.261 e. The van der Waals surface area contributed by atoms with Crippen LogP contribution in [0.1, 0.15) is 38.3 Å². The molecule has 31 heavy (non-hydrogen) atoms. The lowest BCUT2D eigenvalue weighted by molar-refractivity contribution is -0.143. The molecule has 2 amide bonds. The van der Waals surface area contributed by atoms with E-state index in [0.29, 0.717) is 27.8 Å². The van der Waals surface area contributed by atoms with Crippen LogP contribution in [0, 0.1) is 6.92 Å². The van der Waals surface area contributed by atoms with Crippen molar-refractivity contribution in [1.29, 1.82) is 0 Å². The van der Waals surface area contributed by atoms with Gasteiger partial charge in [-0.15, -0.1) is 0 Å². The topological polar surface area (TPSA) is 58.6 Å². The summed E-state index contributed by atoms with van der Waals surface area (Å²) >= 11 is 16.1. The van der Waals surface area contributed by atoms with Crippen LogP contribution in [0.2, 0.25) is 10.0 Å². The van der Waals surface area contributed by atoms with Crippen molar-refractivity contribution in [1.82, 2.24) is 10.2 Å². The highest BCUT2D eigenvalue weighted by Crippen LogP contribution is 2.27. The third kappa shape index (κ3) is 7.13. The minimum atomic E-state index is -0.683. The average molecular weight is 530 g/mol. The van der Waals surface area contributed by atoms with E-state index >= 15 is 0 Å². The Kier molecular flexibility index (Phi) is 9.66. The van der Waals surface area contributed by atoms with Crippen LogP contribution in [0.15, 0.2) is 40.9 Å². The van der Waals surface area contributed by atoms with Gasteiger partial charge in [0.1, 0.15) is 11.8 Å². The fourth-order valence-corrected chi connectivity index (χ4v) is 3.85. The van der Waals surface area contributed by atoms with Gasteiger partial charge in [-0.3, -0.25) is 9.59 Å². The largest absolute Gasteiger partial charge is 0.484 e. The molecule has 0 bridgehead atoms. The van der Waals surface area contributed by atoms with Crippen LogP contribution in [-0.4, -0.2) is 35.4 Å². The number of hydrogen-bond donors (Lipinski definition) is 1. The highest BCUT2D eigenvalue weighted by Gasteiger charge is 2.30. The molecule has 0 saturated carbocycles. The normalized spacial score (nSPS) is 11.9. The van der Waals surface area contributed by atoms with Gasteiger partial charge in [0.05, 0.1) is 0 Å². The number of amides is 2. The highest BCUT2D eigenvalue weighted by atomic mass is 79.9. The minimum absolute atomic E-state index is 0.0515. The second kappa shape index (κ2) is 11.7. The van der Waals surface area contributed by atoms with Gasteiger partial charge >= 0.3 is 0 Å². The molecule has 8 heteroatoms. The Hall–Kier alpha value is -1.76. The highest BCUT2D eigenvalue weighted by molar-refractivity contribution is 9.10. The van der Waals surface area contributed by atoms with Gasteiger partial charge in [-0.25, -0.2) is 0 Å². The lowest BCUT2D eigenvalue weighted by Gasteiger charge is -2.31. The van der Waals surface area contributed by atoms with E-state index in [4.69, 9.17) is 27.9 Å². The molecule has 0 aliphatic carbocycles. The number of carbonyl (C=O) groups is 2. The van der Waals surface area contributed by atoms with Gasteiger partial charge in [0.15, 0.2) is 6.61 Å². The summed E-state index contributed by atoms with van der Waals surface area (Å²) in [6.07, 6.45) is 0.434. The number of hydrogen-bond acceptors (Lipinski definition) is 3. The van der Waals surface area contributed by atoms with Gasteiger partial charge < -0.3 is 15.0 Å². The number of benzene rings is 2. The van der Waals surface area contributed by atoms with Gasteiger partial charge in [0.25, 0.3) is 5.91 Å². The molecule has 0 unspecified atom stereocenters. The van der Waals surface area contributed by atoms with Gasteiger partial charge in [0.2, 0.25) is 5.91 Å². The first-order chi connectivity index (χ1) is 14.6. The predicted octanol–water partition coefficient (Wildman–Crippen LogP) is 5.78. The van der Waals surface area contributed by atoms with Crippen LogP contribution in [0.5, 0.6) is 5.75 Å². The van der Waals surface area contributed by atoms with Crippen LogP contribution < -0.4 is 10.1 Å². The Balaban J connectivity index is 2.29. The summed E-state index contributed by atoms with van der Waals surface area (Å²) < 4.78 is 6.68. The summed E-state index contributed by atoms with van der Waals surface area (Å²) in [5, 5.41) is 3.76. The number of nitrogens with one attached hydrogen (secondary N) is 1. The van der Waals surface area contributed by atoms with Crippen molar-refractivity contribution >= 4 is 50.9 Å². The molecule has 2 rings (SSSR count). The number of halogens is 3. The Morgan fingerprint density at radius 3 is 2.35 bits per heavy atom. The maximum atomic E-state index is 13.2. The molecule has 0 aliphatic heterocycles. The number of ether oxygens (including phenoxy) is 1. The van der Waals surface area contributed by atoms with E-state index in [1.807, 2.05) is 39.8 Å². The molecule has 0 radical (unpaired) electrons. The van der Waals surface area contributed by atoms with Gasteiger partial charge in [0, 0.05) is 32.7 Å². The van der Waals surface area contributed by atoms with E-state index in [0.717, 1.165) is 10.0 Å². The van der Waals surface area contributed by atoms with Crippen LogP contribution in [0.25, 0.3) is 0 Å². The van der Waals surface area contributed by atoms with E-state index in [1.54, 1.807) is 24.3 Å². The monoisotopic (exact) mass is 528 g/mol. The van der Waals surface area contributed by atoms with E-state index in [1.165, 1.54) is 4.90 Å². The SMILES string of the molecule is CC[C@H](C(=O)NC(C)C)N(Cc1c(Cl)cccc1Cl)C(=O)COc1ccc(Br)c(C)c1. The van der Waals surface area contributed by atoms with Crippen LogP contribution in [0.4, 0.5) is 0 Å². The fourth-order valence-electron chi connectivity index (χ4n) is 3.09. The molecule has 0 aromatic heterocycles. The molecule has 2 aromatic carbocycles. The van der Waals surface area contributed by atoms with E-state index < -0.39 is 6.04 Å². The Morgan fingerprint density at radius 1 is 1.16 bits per heavy atom. The second-order valence-corrected chi connectivity index (χ2v) is 9.18. The van der Waals surface area contributed by atoms with Crippen LogP contribution in [-0.2, 0) is 16.1 Å². The molecule has 168 valence electrons. The summed E-state index contributed by atoms with van der Waals surface area (Å²) in [5.74, 6) is 0.0142. The lowest BCUT2D eigenvalue weighted by Crippen LogP contribution is -2.51. The first kappa shape index (κ1) is 25.5. The molecule has 2 aromatic rings. The first-order valence-corrected chi connectivity index (χ1v) is 11.6. The van der Waals surface area contributed by atoms with Crippen LogP contribution in [0.3, 0.4) is 0 Å². The molecular formula is C23H27BrCl2N2O3. The van der Waals surface area contributed by atoms with Crippen molar-refractivity contribution in [2.45, 2.75) is 52.7 Å². The van der Waals surface area contributed by atoms with Gasteiger partial charge in [-0.1, -0.05) is 52.1 Å². The summed E-state index contributed by atoms with van der Waals surface area (Å²) in [4.78, 5) is 27.5. The fraction of sp³-hybridized carbons (Fsp3) is 0.391. The molecule has 1 N–H and O–H groups in total. The van der Waals surface area contributed by atoms with Crippen molar-refractivity contribution in [3.05, 3.63) is 62.0 Å². The molecule has 0 spiro atoms. The molecular weight excluding hydrogens is 503 g/mol. The third-order valence-electron chi connectivity index (χ3n) is 4.70. The molecule has 0 aliphatic rings. The van der Waals surface area contributed by atoms with E-state index in [-0.39, 0.29) is 31.0 Å². The van der Waals surface area contributed by atoms with Gasteiger partial charge in [-0.05, 0) is 63.1 Å². The first-order valence-electron chi connectivity index (χ1n) is 10.1. The third-order valence-corrected chi connectivity index (χ3v) is 6.30. The van der Waals surface area contributed by atoms with Crippen molar-refractivity contribution in [2.24, 2.45) is 0 Å². The summed E-state index contributed by atoms with van der Waals surface area (Å²) in [5.41, 5.74) is 1.59. The predicted molar refractivity (Wildman–Crippen MR) is 129 cm³/mol. The number of nitrogens with zero attached hydrogens (tertiary/aromatic N) is 1. The minimum Gasteiger partial charge on any atom is -0.484 e. The quantitative estimate of drug-likeness (QED) is 0.448. The molecule has 5 nitrogen and oxygen atoms in total. The maximum Gasteiger partial charge on any atom is 0.261 e. The Morgan fingerprint density at radius 2 is 1.81 bits per heavy atom. The standard InChI is InChI=1S/C23H27BrCl2N2O3/c1-5-21(23(30)27-14(2)3)28(12-17-19(25)7-6-8-20(17)26)22(29)13-31-16-9-10-18(24)15(4)11-16/h6-11,14,21H,5,12-13H2,1-4H3,(H,27,30)/t21-/m1/s1. The van der Waals surface area contributed by atoms with E-state index in [9.17, 15) is 9.59 Å². The zero-order valence-electron chi connectivity index (χ0n) is 18.0. The molecule has 0 fully saturated rings. The van der Waals surface area contributed by atoms with Crippen molar-refractivity contribution < 1.29 is 14.3 Å². The second-order valence-electron chi connectivity index (χ2n) is 7.51. The molecule has 1 atom stereocenters. The average Bonchev–Trinajstić information content (AvgIpc) is 2.70. The maximum absolute atomic E-state index is 13.2. The van der Waals surface area contributed by atoms with Crippen LogP contribution >= 0.6 is 39.1 Å². The van der Waals surface area contributed by atoms with Gasteiger partial charge in [-0.2, -0.15) is 0 Å². The Bertz CT molecular complexity index is 917. The lowest BCUT2D eigenvalue weighted by atomic mass is 10.1. The number of aryl methyl sites for hydroxylation is 1. The number of carbonyl (C=O) groups excluding carboxylic acids is 2. The summed E-state index contributed by atoms with van der Waals surface area (Å²) in [6, 6.07) is 9.91. The Labute approximate surface area is 202 Å². The van der Waals surface area contributed by atoms with E-state index in [2.05, 4.69) is 21.2 Å². The summed E-state index contributed by atoms with van der Waals surface area (Å²) in [7, 11) is 0. The van der Waals surface area contributed by atoms with Crippen molar-refractivity contribution in [3.63, 3.8) is 0 Å². The van der Waals surface area contributed by atoms with Crippen molar-refractivity contribution in [3.8, 4) is 5.75 Å². The summed E-state index contributed by atoms with van der Waals surface area (Å²) in [6.45, 7) is 7.44. The van der Waals surface area contributed by atoms with Crippen molar-refractivity contribution in [2.75, 3.05) is 6.61 Å². The number of rotatable bonds is 9.